The van der Waals surface area contributed by atoms with Crippen LogP contribution in [-0.2, 0) is 4.79 Å². The van der Waals surface area contributed by atoms with E-state index < -0.39 is 0 Å². The van der Waals surface area contributed by atoms with Crippen LogP contribution in [0.25, 0.3) is 21.8 Å². The second-order valence-corrected chi connectivity index (χ2v) is 6.01. The molecule has 2 N–H and O–H groups in total. The molecule has 124 valence electrons. The molecule has 4 rings (SSSR count). The number of pyridine rings is 1. The Hall–Kier alpha value is -3.05. The van der Waals surface area contributed by atoms with Gasteiger partial charge in [-0.2, -0.15) is 0 Å². The van der Waals surface area contributed by atoms with Crippen molar-refractivity contribution in [1.82, 2.24) is 9.97 Å². The van der Waals surface area contributed by atoms with Crippen LogP contribution in [0.3, 0.4) is 0 Å². The van der Waals surface area contributed by atoms with Gasteiger partial charge in [0.25, 0.3) is 5.91 Å². The first-order chi connectivity index (χ1) is 12.2. The molecule has 5 nitrogen and oxygen atoms in total. The van der Waals surface area contributed by atoms with Gasteiger partial charge in [0.2, 0.25) is 0 Å². The van der Waals surface area contributed by atoms with Crippen LogP contribution in [0, 0.1) is 0 Å². The number of amides is 1. The lowest BCUT2D eigenvalue weighted by Gasteiger charge is -2.09. The number of aromatic amines is 1. The Morgan fingerprint density at radius 1 is 1.16 bits per heavy atom. The number of benzene rings is 2. The molecule has 2 heterocycles. The zero-order valence-electron chi connectivity index (χ0n) is 13.1. The molecule has 0 spiro atoms. The van der Waals surface area contributed by atoms with Gasteiger partial charge >= 0.3 is 0 Å². The molecular weight excluding hydrogens is 338 g/mol. The van der Waals surface area contributed by atoms with Crippen molar-refractivity contribution in [3.05, 3.63) is 65.9 Å². The molecule has 2 aromatic carbocycles. The largest absolute Gasteiger partial charge is 0.484 e. The fraction of sp³-hybridized carbons (Fsp3) is 0.0526. The molecule has 6 heteroatoms. The van der Waals surface area contributed by atoms with Crippen molar-refractivity contribution in [2.24, 2.45) is 0 Å². The highest BCUT2D eigenvalue weighted by Crippen LogP contribution is 2.33. The summed E-state index contributed by atoms with van der Waals surface area (Å²) in [5, 5.41) is 5.34. The summed E-state index contributed by atoms with van der Waals surface area (Å²) in [4.78, 5) is 19.6. The maximum Gasteiger partial charge on any atom is 0.262 e. The van der Waals surface area contributed by atoms with Gasteiger partial charge in [-0.25, -0.2) is 0 Å². The smallest absolute Gasteiger partial charge is 0.262 e. The van der Waals surface area contributed by atoms with Crippen LogP contribution in [0.4, 0.5) is 5.69 Å². The number of nitrogens with zero attached hydrogens (tertiary/aromatic N) is 1. The lowest BCUT2D eigenvalue weighted by atomic mass is 10.1. The Balaban J connectivity index is 1.61. The third-order valence-electron chi connectivity index (χ3n) is 3.86. The average molecular weight is 352 g/mol. The molecule has 0 atom stereocenters. The lowest BCUT2D eigenvalue weighted by Crippen LogP contribution is -2.20. The first-order valence-corrected chi connectivity index (χ1v) is 8.11. The van der Waals surface area contributed by atoms with Crippen molar-refractivity contribution in [2.75, 3.05) is 11.9 Å². The highest BCUT2D eigenvalue weighted by molar-refractivity contribution is 6.32. The maximum absolute atomic E-state index is 12.3. The maximum atomic E-state index is 12.3. The molecule has 4 aromatic rings. The fourth-order valence-corrected chi connectivity index (χ4v) is 2.99. The summed E-state index contributed by atoms with van der Waals surface area (Å²) in [7, 11) is 0. The Labute approximate surface area is 148 Å². The standard InChI is InChI=1S/C19H14ClN3O2/c20-12-8-15-14-6-7-21-10-17(14)23-19(15)16(9-12)22-18(24)11-25-13-4-2-1-3-5-13/h1-10,23H,11H2,(H,22,24). The monoisotopic (exact) mass is 351 g/mol. The minimum absolute atomic E-state index is 0.0835. The molecule has 25 heavy (non-hydrogen) atoms. The van der Waals surface area contributed by atoms with Gasteiger partial charge in [-0.05, 0) is 30.3 Å². The van der Waals surface area contributed by atoms with Gasteiger partial charge in [0.1, 0.15) is 5.75 Å². The predicted octanol–water partition coefficient (Wildman–Crippen LogP) is 4.39. The topological polar surface area (TPSA) is 67.0 Å². The summed E-state index contributed by atoms with van der Waals surface area (Å²) in [6, 6.07) is 14.7. The highest BCUT2D eigenvalue weighted by Gasteiger charge is 2.12. The van der Waals surface area contributed by atoms with E-state index in [0.717, 1.165) is 21.8 Å². The molecular formula is C19H14ClN3O2. The highest BCUT2D eigenvalue weighted by atomic mass is 35.5. The number of hydrogen-bond donors (Lipinski definition) is 2. The van der Waals surface area contributed by atoms with Crippen LogP contribution in [0.15, 0.2) is 60.9 Å². The number of carbonyl (C=O) groups is 1. The third kappa shape index (κ3) is 3.14. The molecule has 0 fully saturated rings. The van der Waals surface area contributed by atoms with Crippen LogP contribution >= 0.6 is 11.6 Å². The average Bonchev–Trinajstić information content (AvgIpc) is 3.00. The summed E-state index contributed by atoms with van der Waals surface area (Å²) in [6.45, 7) is -0.0835. The first kappa shape index (κ1) is 15.5. The minimum Gasteiger partial charge on any atom is -0.484 e. The Bertz CT molecular complexity index is 1060. The predicted molar refractivity (Wildman–Crippen MR) is 99.2 cm³/mol. The van der Waals surface area contributed by atoms with E-state index >= 15 is 0 Å². The number of anilines is 1. The minimum atomic E-state index is -0.260. The van der Waals surface area contributed by atoms with Gasteiger partial charge in [0.15, 0.2) is 6.61 Å². The molecule has 1 amide bonds. The second-order valence-electron chi connectivity index (χ2n) is 5.57. The SMILES string of the molecule is O=C(COc1ccccc1)Nc1cc(Cl)cc2c1[nH]c1cnccc12. The van der Waals surface area contributed by atoms with Crippen LogP contribution in [0.1, 0.15) is 0 Å². The van der Waals surface area contributed by atoms with Gasteiger partial charge < -0.3 is 15.0 Å². The molecule has 0 bridgehead atoms. The van der Waals surface area contributed by atoms with Crippen LogP contribution < -0.4 is 10.1 Å². The van der Waals surface area contributed by atoms with Crippen LogP contribution in [0.5, 0.6) is 5.75 Å². The summed E-state index contributed by atoms with van der Waals surface area (Å²) < 4.78 is 5.48. The number of carbonyl (C=O) groups excluding carboxylic acids is 1. The molecule has 0 aliphatic carbocycles. The first-order valence-electron chi connectivity index (χ1n) is 7.73. The molecule has 0 saturated heterocycles. The van der Waals surface area contributed by atoms with Crippen molar-refractivity contribution in [1.29, 1.82) is 0 Å². The zero-order valence-corrected chi connectivity index (χ0v) is 13.9. The zero-order chi connectivity index (χ0) is 17.2. The van der Waals surface area contributed by atoms with Gasteiger partial charge in [0.05, 0.1) is 22.9 Å². The van der Waals surface area contributed by atoms with E-state index in [2.05, 4.69) is 15.3 Å². The summed E-state index contributed by atoms with van der Waals surface area (Å²) >= 11 is 6.23. The molecule has 0 aliphatic heterocycles. The van der Waals surface area contributed by atoms with Gasteiger partial charge in [-0.3, -0.25) is 9.78 Å². The van der Waals surface area contributed by atoms with Gasteiger partial charge in [-0.15, -0.1) is 0 Å². The van der Waals surface area contributed by atoms with Gasteiger partial charge in [0, 0.05) is 22.0 Å². The van der Waals surface area contributed by atoms with E-state index in [1.807, 2.05) is 30.3 Å². The number of nitrogens with one attached hydrogen (secondary N) is 2. The van der Waals surface area contributed by atoms with E-state index in [0.29, 0.717) is 16.5 Å². The van der Waals surface area contributed by atoms with Crippen LogP contribution in [-0.4, -0.2) is 22.5 Å². The Morgan fingerprint density at radius 2 is 2.00 bits per heavy atom. The molecule has 0 saturated carbocycles. The summed E-state index contributed by atoms with van der Waals surface area (Å²) in [5.41, 5.74) is 2.30. The lowest BCUT2D eigenvalue weighted by molar-refractivity contribution is -0.118. The fourth-order valence-electron chi connectivity index (χ4n) is 2.77. The van der Waals surface area contributed by atoms with Gasteiger partial charge in [-0.1, -0.05) is 29.8 Å². The number of halogens is 1. The van der Waals surface area contributed by atoms with Crippen molar-refractivity contribution < 1.29 is 9.53 Å². The van der Waals surface area contributed by atoms with Crippen molar-refractivity contribution >= 4 is 45.0 Å². The number of ether oxygens (including phenoxy) is 1. The third-order valence-corrected chi connectivity index (χ3v) is 4.08. The van der Waals surface area contributed by atoms with E-state index in [9.17, 15) is 4.79 Å². The molecule has 2 aromatic heterocycles. The number of rotatable bonds is 4. The molecule has 0 aliphatic rings. The van der Waals surface area contributed by atoms with Crippen molar-refractivity contribution in [3.8, 4) is 5.75 Å². The number of para-hydroxylation sites is 1. The number of H-pyrrole nitrogens is 1. The summed E-state index contributed by atoms with van der Waals surface area (Å²) in [6.07, 6.45) is 3.47. The Morgan fingerprint density at radius 3 is 2.84 bits per heavy atom. The number of hydrogen-bond acceptors (Lipinski definition) is 3. The van der Waals surface area contributed by atoms with E-state index in [1.54, 1.807) is 30.6 Å². The molecule has 0 radical (unpaired) electrons. The van der Waals surface area contributed by atoms with E-state index in [1.165, 1.54) is 0 Å². The van der Waals surface area contributed by atoms with E-state index in [4.69, 9.17) is 16.3 Å². The quantitative estimate of drug-likeness (QED) is 0.573. The number of aromatic nitrogens is 2. The Kier molecular flexibility index (Phi) is 3.99. The number of fused-ring (bicyclic) bond motifs is 3. The molecule has 0 unspecified atom stereocenters. The van der Waals surface area contributed by atoms with Crippen molar-refractivity contribution in [3.63, 3.8) is 0 Å². The summed E-state index contributed by atoms with van der Waals surface area (Å²) in [5.74, 6) is 0.384. The van der Waals surface area contributed by atoms with Crippen molar-refractivity contribution in [2.45, 2.75) is 0 Å². The van der Waals surface area contributed by atoms with Crippen LogP contribution in [0.2, 0.25) is 5.02 Å². The normalized spacial score (nSPS) is 10.9. The second kappa shape index (κ2) is 6.45. The van der Waals surface area contributed by atoms with E-state index in [-0.39, 0.29) is 12.5 Å².